The zero-order valence-corrected chi connectivity index (χ0v) is 14.8. The number of benzene rings is 1. The minimum absolute atomic E-state index is 0.0111. The fourth-order valence-electron chi connectivity index (χ4n) is 2.71. The van der Waals surface area contributed by atoms with Gasteiger partial charge >= 0.3 is 0 Å². The van der Waals surface area contributed by atoms with Crippen LogP contribution in [0.15, 0.2) is 28.7 Å². The topological polar surface area (TPSA) is 84.7 Å². The highest BCUT2D eigenvalue weighted by Gasteiger charge is 2.40. The van der Waals surface area contributed by atoms with Gasteiger partial charge in [-0.1, -0.05) is 12.1 Å². The van der Waals surface area contributed by atoms with Crippen molar-refractivity contribution in [1.29, 1.82) is 0 Å². The summed E-state index contributed by atoms with van der Waals surface area (Å²) in [5, 5.41) is 2.79. The quantitative estimate of drug-likeness (QED) is 0.808. The van der Waals surface area contributed by atoms with Gasteiger partial charge in [0.25, 0.3) is 0 Å². The van der Waals surface area contributed by atoms with Crippen LogP contribution in [0.5, 0.6) is 0 Å². The number of carbonyl (C=O) groups is 2. The molecule has 0 bridgehead atoms. The first-order valence-corrected chi connectivity index (χ1v) is 8.35. The second-order valence-electron chi connectivity index (χ2n) is 5.79. The molecule has 126 valence electrons. The van der Waals surface area contributed by atoms with Gasteiger partial charge in [-0.15, -0.1) is 0 Å². The van der Waals surface area contributed by atoms with E-state index in [0.29, 0.717) is 31.7 Å². The zero-order chi connectivity index (χ0) is 16.9. The number of likely N-dealkylation sites (N-methyl/N-ethyl adjacent to an activating group) is 1. The second kappa shape index (κ2) is 7.90. The summed E-state index contributed by atoms with van der Waals surface area (Å²) in [6.07, 6.45) is 1.19. The minimum Gasteiger partial charge on any atom is -0.381 e. The molecule has 1 aliphatic heterocycles. The number of rotatable bonds is 5. The van der Waals surface area contributed by atoms with Crippen LogP contribution in [-0.2, 0) is 14.3 Å². The summed E-state index contributed by atoms with van der Waals surface area (Å²) in [6, 6.07) is 7.34. The maximum absolute atomic E-state index is 12.7. The lowest BCUT2D eigenvalue weighted by Crippen LogP contribution is -2.51. The molecule has 0 aliphatic carbocycles. The Morgan fingerprint density at radius 2 is 2.00 bits per heavy atom. The number of carbonyl (C=O) groups excluding carboxylic acids is 2. The molecular weight excluding hydrogens is 362 g/mol. The van der Waals surface area contributed by atoms with Crippen LogP contribution in [0.3, 0.4) is 0 Å². The summed E-state index contributed by atoms with van der Waals surface area (Å²) in [7, 11) is 1.63. The lowest BCUT2D eigenvalue weighted by atomic mass is 9.79. The van der Waals surface area contributed by atoms with Crippen molar-refractivity contribution < 1.29 is 14.3 Å². The van der Waals surface area contributed by atoms with E-state index in [1.54, 1.807) is 13.1 Å². The molecule has 0 spiro atoms. The molecule has 7 heteroatoms. The van der Waals surface area contributed by atoms with Crippen molar-refractivity contribution in [2.75, 3.05) is 38.7 Å². The molecule has 0 radical (unpaired) electrons. The molecule has 0 atom stereocenters. The van der Waals surface area contributed by atoms with Crippen molar-refractivity contribution in [2.45, 2.75) is 12.8 Å². The third kappa shape index (κ3) is 4.31. The van der Waals surface area contributed by atoms with Crippen LogP contribution in [0.1, 0.15) is 12.8 Å². The van der Waals surface area contributed by atoms with Gasteiger partial charge < -0.3 is 20.7 Å². The maximum atomic E-state index is 12.7. The molecule has 0 saturated carbocycles. The number of amides is 2. The lowest BCUT2D eigenvalue weighted by molar-refractivity contribution is -0.147. The van der Waals surface area contributed by atoms with Crippen LogP contribution >= 0.6 is 15.9 Å². The van der Waals surface area contributed by atoms with Gasteiger partial charge in [-0.05, 0) is 40.9 Å². The van der Waals surface area contributed by atoms with Crippen molar-refractivity contribution in [1.82, 2.24) is 4.90 Å². The predicted molar refractivity (Wildman–Crippen MR) is 91.9 cm³/mol. The highest BCUT2D eigenvalue weighted by molar-refractivity contribution is 9.10. The highest BCUT2D eigenvalue weighted by atomic mass is 79.9. The fraction of sp³-hybridized carbons (Fsp3) is 0.500. The molecule has 23 heavy (non-hydrogen) atoms. The Hall–Kier alpha value is -1.44. The van der Waals surface area contributed by atoms with E-state index in [9.17, 15) is 9.59 Å². The van der Waals surface area contributed by atoms with Crippen LogP contribution in [-0.4, -0.2) is 50.1 Å². The Bertz CT molecular complexity index is 573. The number of nitrogens with zero attached hydrogens (tertiary/aromatic N) is 1. The summed E-state index contributed by atoms with van der Waals surface area (Å²) in [5.41, 5.74) is 5.91. The number of nitrogens with two attached hydrogens (primary N) is 1. The molecule has 2 amide bonds. The van der Waals surface area contributed by atoms with E-state index in [1.165, 1.54) is 4.90 Å². The Balaban J connectivity index is 1.97. The second-order valence-corrected chi connectivity index (χ2v) is 6.64. The van der Waals surface area contributed by atoms with Gasteiger partial charge in [0.05, 0.1) is 17.6 Å². The van der Waals surface area contributed by atoms with Crippen LogP contribution in [0.2, 0.25) is 0 Å². The number of nitrogens with one attached hydrogen (secondary N) is 1. The molecular formula is C16H22BrN3O3. The molecule has 3 N–H and O–H groups in total. The Kier molecular flexibility index (Phi) is 6.15. The van der Waals surface area contributed by atoms with Crippen molar-refractivity contribution in [3.8, 4) is 0 Å². The summed E-state index contributed by atoms with van der Waals surface area (Å²) >= 11 is 3.38. The van der Waals surface area contributed by atoms with Crippen LogP contribution < -0.4 is 11.1 Å². The Labute approximate surface area is 144 Å². The minimum atomic E-state index is -0.611. The number of para-hydroxylation sites is 1. The van der Waals surface area contributed by atoms with E-state index in [0.717, 1.165) is 4.47 Å². The maximum Gasteiger partial charge on any atom is 0.244 e. The average Bonchev–Trinajstić information content (AvgIpc) is 2.56. The fourth-order valence-corrected chi connectivity index (χ4v) is 3.10. The summed E-state index contributed by atoms with van der Waals surface area (Å²) in [5.74, 6) is -0.336. The molecule has 0 unspecified atom stereocenters. The van der Waals surface area contributed by atoms with Crippen molar-refractivity contribution in [2.24, 2.45) is 11.1 Å². The van der Waals surface area contributed by atoms with E-state index >= 15 is 0 Å². The molecule has 0 aromatic heterocycles. The predicted octanol–water partition coefficient (Wildman–Crippen LogP) is 1.60. The molecule has 1 aromatic carbocycles. The van der Waals surface area contributed by atoms with Gasteiger partial charge in [0.15, 0.2) is 0 Å². The van der Waals surface area contributed by atoms with Crippen molar-refractivity contribution in [3.63, 3.8) is 0 Å². The number of halogens is 1. The van der Waals surface area contributed by atoms with Gasteiger partial charge in [-0.25, -0.2) is 0 Å². The molecule has 1 fully saturated rings. The van der Waals surface area contributed by atoms with Crippen molar-refractivity contribution >= 4 is 33.4 Å². The third-order valence-corrected chi connectivity index (χ3v) is 4.86. The normalized spacial score (nSPS) is 16.7. The summed E-state index contributed by atoms with van der Waals surface area (Å²) < 4.78 is 6.12. The van der Waals surface area contributed by atoms with Crippen molar-refractivity contribution in [3.05, 3.63) is 28.7 Å². The van der Waals surface area contributed by atoms with E-state index in [2.05, 4.69) is 21.2 Å². The smallest absolute Gasteiger partial charge is 0.244 e. The zero-order valence-electron chi connectivity index (χ0n) is 13.2. The Morgan fingerprint density at radius 1 is 1.35 bits per heavy atom. The number of anilines is 1. The molecule has 2 rings (SSSR count). The first kappa shape index (κ1) is 17.9. The van der Waals surface area contributed by atoms with E-state index < -0.39 is 5.41 Å². The molecule has 1 aromatic rings. The molecule has 6 nitrogen and oxygen atoms in total. The first-order chi connectivity index (χ1) is 11.0. The highest BCUT2D eigenvalue weighted by Crippen LogP contribution is 2.31. The van der Waals surface area contributed by atoms with E-state index in [4.69, 9.17) is 10.5 Å². The lowest BCUT2D eigenvalue weighted by Gasteiger charge is -2.37. The average molecular weight is 384 g/mol. The SMILES string of the molecule is CN(CC(=O)Nc1ccccc1Br)C(=O)C1(CN)CCOCC1. The molecule has 1 saturated heterocycles. The molecule has 1 heterocycles. The largest absolute Gasteiger partial charge is 0.381 e. The van der Waals surface area contributed by atoms with E-state index in [-0.39, 0.29) is 24.9 Å². The summed E-state index contributed by atoms with van der Waals surface area (Å²) in [4.78, 5) is 26.3. The van der Waals surface area contributed by atoms with Gasteiger partial charge in [-0.2, -0.15) is 0 Å². The van der Waals surface area contributed by atoms with Gasteiger partial charge in [-0.3, -0.25) is 9.59 Å². The number of hydrogen-bond acceptors (Lipinski definition) is 4. The van der Waals surface area contributed by atoms with Gasteiger partial charge in [0.2, 0.25) is 11.8 Å². The first-order valence-electron chi connectivity index (χ1n) is 7.56. The standard InChI is InChI=1S/C16H22BrN3O3/c1-20(15(22)16(11-18)6-8-23-9-7-16)10-14(21)19-13-5-3-2-4-12(13)17/h2-5H,6-11,18H2,1H3,(H,19,21). The van der Waals surface area contributed by atoms with Crippen LogP contribution in [0.4, 0.5) is 5.69 Å². The molecule has 1 aliphatic rings. The summed E-state index contributed by atoms with van der Waals surface area (Å²) in [6.45, 7) is 1.31. The third-order valence-electron chi connectivity index (χ3n) is 4.17. The number of ether oxygens (including phenoxy) is 1. The monoisotopic (exact) mass is 383 g/mol. The van der Waals surface area contributed by atoms with Crippen LogP contribution in [0.25, 0.3) is 0 Å². The van der Waals surface area contributed by atoms with E-state index in [1.807, 2.05) is 18.2 Å². The number of hydrogen-bond donors (Lipinski definition) is 2. The Morgan fingerprint density at radius 3 is 2.61 bits per heavy atom. The van der Waals surface area contributed by atoms with Gasteiger partial charge in [0, 0.05) is 31.3 Å². The van der Waals surface area contributed by atoms with Crippen LogP contribution in [0, 0.1) is 5.41 Å². The van der Waals surface area contributed by atoms with Gasteiger partial charge in [0.1, 0.15) is 0 Å².